The van der Waals surface area contributed by atoms with E-state index in [9.17, 15) is 0 Å². The minimum absolute atomic E-state index is 0.274. The first-order valence-corrected chi connectivity index (χ1v) is 5.32. The van der Waals surface area contributed by atoms with Gasteiger partial charge in [0.1, 0.15) is 0 Å². The van der Waals surface area contributed by atoms with E-state index < -0.39 is 0 Å². The molecule has 0 spiro atoms. The summed E-state index contributed by atoms with van der Waals surface area (Å²) in [6, 6.07) is 0. The van der Waals surface area contributed by atoms with Crippen molar-refractivity contribution in [1.29, 1.82) is 0 Å². The Balaban J connectivity index is 3.50. The van der Waals surface area contributed by atoms with Crippen LogP contribution in [0.1, 0.15) is 45.4 Å². The van der Waals surface area contributed by atoms with Crippen LogP contribution in [0.3, 0.4) is 0 Å². The summed E-state index contributed by atoms with van der Waals surface area (Å²) in [5.41, 5.74) is 2.81. The monoisotopic (exact) mass is 182 g/mol. The van der Waals surface area contributed by atoms with Gasteiger partial charge in [0.2, 0.25) is 0 Å². The van der Waals surface area contributed by atoms with Crippen LogP contribution in [0.15, 0.2) is 18.4 Å². The number of allylic oxidation sites excluding steroid dienone is 1. The van der Waals surface area contributed by atoms with E-state index in [1.165, 1.54) is 32.1 Å². The van der Waals surface area contributed by atoms with Gasteiger partial charge in [-0.3, -0.25) is 0 Å². The van der Waals surface area contributed by atoms with Crippen molar-refractivity contribution < 1.29 is 5.11 Å². The van der Waals surface area contributed by atoms with Crippen molar-refractivity contribution in [2.24, 2.45) is 5.92 Å². The largest absolute Gasteiger partial charge is 0.396 e. The highest BCUT2D eigenvalue weighted by Gasteiger charge is 2.02. The van der Waals surface area contributed by atoms with Gasteiger partial charge >= 0.3 is 0 Å². The number of hydrogen-bond donors (Lipinski definition) is 1. The normalized spacial score (nSPS) is 12.2. The van der Waals surface area contributed by atoms with Gasteiger partial charge in [0.25, 0.3) is 0 Å². The highest BCUT2D eigenvalue weighted by Crippen LogP contribution is 2.14. The molecule has 76 valence electrons. The quantitative estimate of drug-likeness (QED) is 0.451. The summed E-state index contributed by atoms with van der Waals surface area (Å²) in [4.78, 5) is 0. The SMILES string of the molecule is C=C=CC(CCO)CCCCCC. The highest BCUT2D eigenvalue weighted by atomic mass is 16.3. The van der Waals surface area contributed by atoms with Crippen molar-refractivity contribution in [3.8, 4) is 0 Å². The summed E-state index contributed by atoms with van der Waals surface area (Å²) in [7, 11) is 0. The molecule has 0 heterocycles. The molecule has 0 aromatic carbocycles. The van der Waals surface area contributed by atoms with Gasteiger partial charge in [-0.1, -0.05) is 39.2 Å². The molecule has 0 rings (SSSR count). The van der Waals surface area contributed by atoms with Gasteiger partial charge < -0.3 is 5.11 Å². The number of unbranched alkanes of at least 4 members (excludes halogenated alkanes) is 3. The predicted molar refractivity (Wildman–Crippen MR) is 57.7 cm³/mol. The second-order valence-corrected chi connectivity index (χ2v) is 3.49. The van der Waals surface area contributed by atoms with Crippen molar-refractivity contribution in [3.05, 3.63) is 18.4 Å². The summed E-state index contributed by atoms with van der Waals surface area (Å²) in [5.74, 6) is 0.486. The molecule has 0 aliphatic rings. The lowest BCUT2D eigenvalue weighted by molar-refractivity contribution is 0.265. The van der Waals surface area contributed by atoms with Crippen LogP contribution in [0.4, 0.5) is 0 Å². The average molecular weight is 182 g/mol. The fourth-order valence-corrected chi connectivity index (χ4v) is 1.48. The smallest absolute Gasteiger partial charge is 0.0436 e. The van der Waals surface area contributed by atoms with E-state index in [1.54, 1.807) is 0 Å². The topological polar surface area (TPSA) is 20.2 Å². The van der Waals surface area contributed by atoms with Crippen LogP contribution < -0.4 is 0 Å². The van der Waals surface area contributed by atoms with Crippen LogP contribution in [-0.4, -0.2) is 11.7 Å². The Morgan fingerprint density at radius 2 is 2.08 bits per heavy atom. The minimum Gasteiger partial charge on any atom is -0.396 e. The van der Waals surface area contributed by atoms with E-state index in [1.807, 2.05) is 6.08 Å². The molecule has 0 fully saturated rings. The first-order chi connectivity index (χ1) is 6.35. The second-order valence-electron chi connectivity index (χ2n) is 3.49. The van der Waals surface area contributed by atoms with E-state index in [-0.39, 0.29) is 6.61 Å². The van der Waals surface area contributed by atoms with Crippen molar-refractivity contribution >= 4 is 0 Å². The molecule has 0 bridgehead atoms. The minimum atomic E-state index is 0.274. The third kappa shape index (κ3) is 7.83. The molecule has 1 unspecified atom stereocenters. The third-order valence-electron chi connectivity index (χ3n) is 2.28. The first kappa shape index (κ1) is 12.5. The molecule has 1 N–H and O–H groups in total. The molecular weight excluding hydrogens is 160 g/mol. The van der Waals surface area contributed by atoms with Crippen molar-refractivity contribution in [3.63, 3.8) is 0 Å². The molecule has 0 aromatic rings. The van der Waals surface area contributed by atoms with E-state index >= 15 is 0 Å². The average Bonchev–Trinajstić information content (AvgIpc) is 2.13. The lowest BCUT2D eigenvalue weighted by Crippen LogP contribution is -1.99. The van der Waals surface area contributed by atoms with Crippen LogP contribution in [0.2, 0.25) is 0 Å². The standard InChI is InChI=1S/C12H22O/c1-3-5-6-7-9-12(8-4-2)10-11-13/h8,12-13H,2-3,5-7,9-11H2,1H3. The van der Waals surface area contributed by atoms with E-state index in [0.717, 1.165) is 6.42 Å². The molecule has 1 nitrogen and oxygen atoms in total. The molecule has 0 radical (unpaired) electrons. The zero-order valence-corrected chi connectivity index (χ0v) is 8.76. The fourth-order valence-electron chi connectivity index (χ4n) is 1.48. The number of aliphatic hydroxyl groups is 1. The molecule has 0 saturated carbocycles. The fraction of sp³-hybridized carbons (Fsp3) is 0.750. The molecule has 1 atom stereocenters. The van der Waals surface area contributed by atoms with Gasteiger partial charge in [-0.05, 0) is 24.8 Å². The van der Waals surface area contributed by atoms with E-state index in [0.29, 0.717) is 5.92 Å². The lowest BCUT2D eigenvalue weighted by Gasteiger charge is -2.09. The Labute approximate surface area is 82.2 Å². The van der Waals surface area contributed by atoms with Crippen LogP contribution >= 0.6 is 0 Å². The molecular formula is C12H22O. The van der Waals surface area contributed by atoms with Gasteiger partial charge in [0.15, 0.2) is 0 Å². The maximum absolute atomic E-state index is 8.80. The Kier molecular flexibility index (Phi) is 9.18. The summed E-state index contributed by atoms with van der Waals surface area (Å²) in [6.07, 6.45) is 9.19. The molecule has 1 heteroatoms. The zero-order chi connectivity index (χ0) is 9.94. The highest BCUT2D eigenvalue weighted by molar-refractivity contribution is 4.84. The van der Waals surface area contributed by atoms with Crippen molar-refractivity contribution in [2.45, 2.75) is 45.4 Å². The molecule has 13 heavy (non-hydrogen) atoms. The number of aliphatic hydroxyl groups excluding tert-OH is 1. The Morgan fingerprint density at radius 3 is 2.62 bits per heavy atom. The number of hydrogen-bond acceptors (Lipinski definition) is 1. The maximum atomic E-state index is 8.80. The van der Waals surface area contributed by atoms with Crippen molar-refractivity contribution in [2.75, 3.05) is 6.61 Å². The summed E-state index contributed by atoms with van der Waals surface area (Å²) >= 11 is 0. The molecule has 0 aliphatic carbocycles. The predicted octanol–water partition coefficient (Wildman–Crippen LogP) is 3.30. The van der Waals surface area contributed by atoms with Gasteiger partial charge in [-0.2, -0.15) is 0 Å². The van der Waals surface area contributed by atoms with Gasteiger partial charge in [0, 0.05) is 6.61 Å². The summed E-state index contributed by atoms with van der Waals surface area (Å²) in [6.45, 7) is 6.06. The van der Waals surface area contributed by atoms with Crippen LogP contribution in [0.25, 0.3) is 0 Å². The van der Waals surface area contributed by atoms with E-state index in [2.05, 4.69) is 19.2 Å². The zero-order valence-electron chi connectivity index (χ0n) is 8.76. The molecule has 0 aromatic heterocycles. The second kappa shape index (κ2) is 9.57. The summed E-state index contributed by atoms with van der Waals surface area (Å²) in [5, 5.41) is 8.80. The third-order valence-corrected chi connectivity index (χ3v) is 2.28. The Bertz CT molecular complexity index is 145. The molecule has 0 saturated heterocycles. The first-order valence-electron chi connectivity index (χ1n) is 5.32. The van der Waals surface area contributed by atoms with Gasteiger partial charge in [-0.25, -0.2) is 0 Å². The van der Waals surface area contributed by atoms with Crippen LogP contribution in [0.5, 0.6) is 0 Å². The molecule has 0 aliphatic heterocycles. The van der Waals surface area contributed by atoms with Crippen LogP contribution in [-0.2, 0) is 0 Å². The van der Waals surface area contributed by atoms with Gasteiger partial charge in [0.05, 0.1) is 0 Å². The number of rotatable bonds is 8. The lowest BCUT2D eigenvalue weighted by atomic mass is 9.98. The maximum Gasteiger partial charge on any atom is 0.0436 e. The molecule has 0 amide bonds. The Morgan fingerprint density at radius 1 is 1.31 bits per heavy atom. The Hall–Kier alpha value is -0.520. The van der Waals surface area contributed by atoms with Crippen LogP contribution in [0, 0.1) is 5.92 Å². The summed E-state index contributed by atoms with van der Waals surface area (Å²) < 4.78 is 0. The van der Waals surface area contributed by atoms with Crippen molar-refractivity contribution in [1.82, 2.24) is 0 Å². The van der Waals surface area contributed by atoms with E-state index in [4.69, 9.17) is 5.11 Å². The van der Waals surface area contributed by atoms with Gasteiger partial charge in [-0.15, -0.1) is 5.73 Å².